The third kappa shape index (κ3) is 3.46. The maximum Gasteiger partial charge on any atom is 0.148 e. The van der Waals surface area contributed by atoms with E-state index in [1.54, 1.807) is 17.4 Å². The molecule has 1 heterocycles. The number of halogens is 2. The van der Waals surface area contributed by atoms with Gasteiger partial charge in [0.1, 0.15) is 15.8 Å². The smallest absolute Gasteiger partial charge is 0.148 e. The molecular formula is C12H13FIN3S. The Hall–Kier alpha value is -0.600. The van der Waals surface area contributed by atoms with Crippen molar-refractivity contribution in [1.82, 2.24) is 15.5 Å². The average Bonchev–Trinajstić information content (AvgIpc) is 2.78. The molecule has 96 valence electrons. The number of aromatic nitrogens is 2. The van der Waals surface area contributed by atoms with Gasteiger partial charge in [0, 0.05) is 22.1 Å². The molecule has 0 fully saturated rings. The molecule has 0 radical (unpaired) electrons. The number of likely N-dealkylation sites (N-methyl/N-ethyl adjacent to an activating group) is 1. The van der Waals surface area contributed by atoms with E-state index < -0.39 is 0 Å². The molecule has 0 amide bonds. The van der Waals surface area contributed by atoms with Crippen LogP contribution in [0.25, 0.3) is 10.6 Å². The molecular weight excluding hydrogens is 364 g/mol. The predicted octanol–water partition coefficient (Wildman–Crippen LogP) is 3.10. The van der Waals surface area contributed by atoms with Gasteiger partial charge in [-0.1, -0.05) is 18.3 Å². The van der Waals surface area contributed by atoms with Crippen LogP contribution in [0, 0.1) is 9.39 Å². The van der Waals surface area contributed by atoms with E-state index >= 15 is 0 Å². The zero-order valence-electron chi connectivity index (χ0n) is 9.91. The van der Waals surface area contributed by atoms with E-state index in [9.17, 15) is 4.39 Å². The van der Waals surface area contributed by atoms with Gasteiger partial charge in [-0.15, -0.1) is 10.2 Å². The van der Waals surface area contributed by atoms with Gasteiger partial charge in [-0.05, 0) is 47.3 Å². The lowest BCUT2D eigenvalue weighted by Crippen LogP contribution is -2.15. The third-order valence-corrected chi connectivity index (χ3v) is 4.30. The van der Waals surface area contributed by atoms with Gasteiger partial charge in [-0.3, -0.25) is 0 Å². The summed E-state index contributed by atoms with van der Waals surface area (Å²) in [5.41, 5.74) is 0.948. The summed E-state index contributed by atoms with van der Waals surface area (Å²) >= 11 is 3.69. The molecule has 3 nitrogen and oxygen atoms in total. The molecule has 0 spiro atoms. The molecule has 2 rings (SSSR count). The molecule has 0 saturated carbocycles. The Morgan fingerprint density at radius 2 is 2.22 bits per heavy atom. The monoisotopic (exact) mass is 377 g/mol. The minimum absolute atomic E-state index is 0.222. The van der Waals surface area contributed by atoms with Crippen molar-refractivity contribution >= 4 is 33.9 Å². The lowest BCUT2D eigenvalue weighted by molar-refractivity contribution is 0.627. The van der Waals surface area contributed by atoms with Crippen molar-refractivity contribution in [2.45, 2.75) is 13.3 Å². The molecule has 0 unspecified atom stereocenters. The summed E-state index contributed by atoms with van der Waals surface area (Å²) in [6.07, 6.45) is 0.878. The Morgan fingerprint density at radius 1 is 1.39 bits per heavy atom. The molecule has 18 heavy (non-hydrogen) atoms. The van der Waals surface area contributed by atoms with Crippen LogP contribution in [0.5, 0.6) is 0 Å². The topological polar surface area (TPSA) is 37.8 Å². The fourth-order valence-electron chi connectivity index (χ4n) is 1.50. The number of nitrogens with zero attached hydrogens (tertiary/aromatic N) is 2. The van der Waals surface area contributed by atoms with Crippen molar-refractivity contribution in [3.8, 4) is 10.6 Å². The van der Waals surface area contributed by atoms with Crippen molar-refractivity contribution in [3.05, 3.63) is 32.6 Å². The van der Waals surface area contributed by atoms with Crippen LogP contribution >= 0.6 is 33.9 Å². The second-order valence-corrected chi connectivity index (χ2v) is 5.95. The predicted molar refractivity (Wildman–Crippen MR) is 80.3 cm³/mol. The molecule has 1 aromatic heterocycles. The van der Waals surface area contributed by atoms with Crippen LogP contribution in [0.4, 0.5) is 4.39 Å². The standard InChI is InChI=1S/C12H13FIN3S/c1-2-15-6-5-11-16-17-12(18-11)9-4-3-8(13)7-10(9)14/h3-4,7,15H,2,5-6H2,1H3. The highest BCUT2D eigenvalue weighted by molar-refractivity contribution is 14.1. The fraction of sp³-hybridized carbons (Fsp3) is 0.333. The van der Waals surface area contributed by atoms with E-state index in [1.807, 2.05) is 0 Å². The molecule has 1 N–H and O–H groups in total. The summed E-state index contributed by atoms with van der Waals surface area (Å²) in [5, 5.41) is 13.4. The first kappa shape index (κ1) is 13.8. The van der Waals surface area contributed by atoms with Crippen LogP contribution in [-0.4, -0.2) is 23.3 Å². The van der Waals surface area contributed by atoms with Crippen LogP contribution in [-0.2, 0) is 6.42 Å². The van der Waals surface area contributed by atoms with Crippen molar-refractivity contribution in [2.75, 3.05) is 13.1 Å². The van der Waals surface area contributed by atoms with Crippen molar-refractivity contribution in [2.24, 2.45) is 0 Å². The van der Waals surface area contributed by atoms with Crippen LogP contribution in [0.2, 0.25) is 0 Å². The Kier molecular flexibility index (Phi) is 5.02. The second-order valence-electron chi connectivity index (χ2n) is 3.73. The van der Waals surface area contributed by atoms with E-state index in [4.69, 9.17) is 0 Å². The SMILES string of the molecule is CCNCCc1nnc(-c2ccc(F)cc2I)s1. The molecule has 0 aliphatic carbocycles. The summed E-state index contributed by atoms with van der Waals surface area (Å²) in [4.78, 5) is 0. The van der Waals surface area contributed by atoms with Crippen LogP contribution < -0.4 is 5.32 Å². The first-order valence-electron chi connectivity index (χ1n) is 5.69. The normalized spacial score (nSPS) is 10.8. The van der Waals surface area contributed by atoms with Crippen LogP contribution in [0.3, 0.4) is 0 Å². The average molecular weight is 377 g/mol. The Morgan fingerprint density at radius 3 is 2.94 bits per heavy atom. The summed E-state index contributed by atoms with van der Waals surface area (Å²) in [6.45, 7) is 3.94. The maximum absolute atomic E-state index is 13.0. The van der Waals surface area contributed by atoms with Gasteiger partial charge in [0.15, 0.2) is 0 Å². The number of hydrogen-bond acceptors (Lipinski definition) is 4. The molecule has 0 atom stereocenters. The number of benzene rings is 1. The highest BCUT2D eigenvalue weighted by Crippen LogP contribution is 2.28. The number of hydrogen-bond donors (Lipinski definition) is 1. The lowest BCUT2D eigenvalue weighted by Gasteiger charge is -1.99. The fourth-order valence-corrected chi connectivity index (χ4v) is 3.29. The first-order valence-corrected chi connectivity index (χ1v) is 7.58. The Bertz CT molecular complexity index is 530. The first-order chi connectivity index (χ1) is 8.70. The van der Waals surface area contributed by atoms with E-state index in [0.29, 0.717) is 0 Å². The van der Waals surface area contributed by atoms with Crippen molar-refractivity contribution in [3.63, 3.8) is 0 Å². The number of nitrogens with one attached hydrogen (secondary N) is 1. The highest BCUT2D eigenvalue weighted by atomic mass is 127. The van der Waals surface area contributed by atoms with Gasteiger partial charge >= 0.3 is 0 Å². The van der Waals surface area contributed by atoms with Crippen LogP contribution in [0.1, 0.15) is 11.9 Å². The van der Waals surface area contributed by atoms with Gasteiger partial charge < -0.3 is 5.32 Å². The summed E-state index contributed by atoms with van der Waals surface area (Å²) in [6, 6.07) is 4.72. The zero-order chi connectivity index (χ0) is 13.0. The van der Waals surface area contributed by atoms with Gasteiger partial charge in [-0.2, -0.15) is 0 Å². The minimum Gasteiger partial charge on any atom is -0.317 e. The van der Waals surface area contributed by atoms with E-state index in [1.165, 1.54) is 12.1 Å². The Labute approximate surface area is 123 Å². The summed E-state index contributed by atoms with van der Waals surface area (Å²) < 4.78 is 13.9. The molecule has 0 saturated heterocycles. The van der Waals surface area contributed by atoms with Gasteiger partial charge in [0.25, 0.3) is 0 Å². The third-order valence-electron chi connectivity index (χ3n) is 2.39. The van der Waals surface area contributed by atoms with Gasteiger partial charge in [0.2, 0.25) is 0 Å². The van der Waals surface area contributed by atoms with Crippen LogP contribution in [0.15, 0.2) is 18.2 Å². The zero-order valence-corrected chi connectivity index (χ0v) is 12.9. The molecule has 0 aliphatic heterocycles. The molecule has 2 aromatic rings. The summed E-state index contributed by atoms with van der Waals surface area (Å²) in [7, 11) is 0. The molecule has 0 aliphatic rings. The highest BCUT2D eigenvalue weighted by Gasteiger charge is 2.10. The maximum atomic E-state index is 13.0. The van der Waals surface area contributed by atoms with Crippen molar-refractivity contribution in [1.29, 1.82) is 0 Å². The number of rotatable bonds is 5. The lowest BCUT2D eigenvalue weighted by atomic mass is 10.2. The van der Waals surface area contributed by atoms with E-state index in [2.05, 4.69) is 45.0 Å². The molecule has 6 heteroatoms. The second kappa shape index (κ2) is 6.53. The van der Waals surface area contributed by atoms with E-state index in [-0.39, 0.29) is 5.82 Å². The largest absolute Gasteiger partial charge is 0.317 e. The van der Waals surface area contributed by atoms with Crippen molar-refractivity contribution < 1.29 is 4.39 Å². The molecule has 0 bridgehead atoms. The van der Waals surface area contributed by atoms with Gasteiger partial charge in [0.05, 0.1) is 0 Å². The summed E-state index contributed by atoms with van der Waals surface area (Å²) in [5.74, 6) is -0.222. The quantitative estimate of drug-likeness (QED) is 0.643. The van der Waals surface area contributed by atoms with E-state index in [0.717, 1.165) is 38.7 Å². The molecule has 1 aromatic carbocycles. The Balaban J connectivity index is 2.13. The van der Waals surface area contributed by atoms with Gasteiger partial charge in [-0.25, -0.2) is 4.39 Å². The minimum atomic E-state index is -0.222.